The highest BCUT2D eigenvalue weighted by Gasteiger charge is 2.12. The van der Waals surface area contributed by atoms with Gasteiger partial charge in [0.05, 0.1) is 10.4 Å². The van der Waals surface area contributed by atoms with Crippen LogP contribution in [0.3, 0.4) is 0 Å². The van der Waals surface area contributed by atoms with Crippen LogP contribution in [0.2, 0.25) is 0 Å². The Hall–Kier alpha value is -3.58. The lowest BCUT2D eigenvalue weighted by Crippen LogP contribution is -2.11. The minimum Gasteiger partial charge on any atom is -0.332 e. The number of aromatic nitrogens is 1. The molecule has 3 aromatic carbocycles. The van der Waals surface area contributed by atoms with E-state index >= 15 is 0 Å². The van der Waals surface area contributed by atoms with Crippen LogP contribution in [0, 0.1) is 4.91 Å². The Balaban J connectivity index is 1.61. The van der Waals surface area contributed by atoms with Gasteiger partial charge in [-0.2, -0.15) is 0 Å². The number of nitrogens with zero attached hydrogens (tertiary/aromatic N) is 2. The summed E-state index contributed by atoms with van der Waals surface area (Å²) in [5.41, 5.74) is 2.84. The zero-order valence-corrected chi connectivity index (χ0v) is 14.9. The maximum absolute atomic E-state index is 12.5. The molecule has 0 radical (unpaired) electrons. The molecular weight excluding hydrogens is 360 g/mol. The summed E-state index contributed by atoms with van der Waals surface area (Å²) in [6.45, 7) is 0. The van der Waals surface area contributed by atoms with E-state index < -0.39 is 0 Å². The maximum atomic E-state index is 12.5. The van der Waals surface area contributed by atoms with Gasteiger partial charge in [0, 0.05) is 11.3 Å². The molecule has 0 aliphatic heterocycles. The van der Waals surface area contributed by atoms with Crippen molar-refractivity contribution in [2.75, 3.05) is 10.6 Å². The molecule has 0 fully saturated rings. The highest BCUT2D eigenvalue weighted by atomic mass is 32.1. The van der Waals surface area contributed by atoms with Gasteiger partial charge in [-0.25, -0.2) is 4.98 Å². The summed E-state index contributed by atoms with van der Waals surface area (Å²) in [5.74, 6) is -0.321. The van der Waals surface area contributed by atoms with Crippen molar-refractivity contribution in [3.05, 3.63) is 83.3 Å². The van der Waals surface area contributed by atoms with Crippen LogP contribution in [0.15, 0.2) is 78.0 Å². The fourth-order valence-corrected chi connectivity index (χ4v) is 3.56. The van der Waals surface area contributed by atoms with Gasteiger partial charge in [0.15, 0.2) is 5.13 Å². The van der Waals surface area contributed by atoms with Gasteiger partial charge in [-0.3, -0.25) is 4.79 Å². The van der Waals surface area contributed by atoms with Gasteiger partial charge in [-0.15, -0.1) is 4.91 Å². The van der Waals surface area contributed by atoms with Crippen LogP contribution in [0.4, 0.5) is 22.2 Å². The molecule has 7 heteroatoms. The molecule has 1 amide bonds. The molecule has 0 saturated heterocycles. The minimum absolute atomic E-state index is 0.212. The first kappa shape index (κ1) is 16.9. The zero-order chi connectivity index (χ0) is 18.6. The number of rotatable bonds is 5. The van der Waals surface area contributed by atoms with Crippen LogP contribution in [0.1, 0.15) is 10.4 Å². The van der Waals surface area contributed by atoms with E-state index in [0.29, 0.717) is 16.8 Å². The van der Waals surface area contributed by atoms with Crippen molar-refractivity contribution in [1.82, 2.24) is 4.98 Å². The largest absolute Gasteiger partial charge is 0.332 e. The van der Waals surface area contributed by atoms with Gasteiger partial charge >= 0.3 is 0 Å². The summed E-state index contributed by atoms with van der Waals surface area (Å²) in [6.07, 6.45) is 0. The second kappa shape index (κ2) is 7.35. The normalized spacial score (nSPS) is 10.5. The summed E-state index contributed by atoms with van der Waals surface area (Å²) < 4.78 is 0.953. The van der Waals surface area contributed by atoms with Crippen LogP contribution in [-0.2, 0) is 0 Å². The molecule has 27 heavy (non-hydrogen) atoms. The first-order valence-corrected chi connectivity index (χ1v) is 9.01. The standard InChI is InChI=1S/C20H14N4O2S/c25-19(13-6-4-9-15(12-13)24-26)22-16-10-5-11-17-18(16)23-20(27-17)21-14-7-2-1-3-8-14/h1-12H,(H,21,23)(H,22,25). The second-order valence-electron chi connectivity index (χ2n) is 5.76. The molecule has 2 N–H and O–H groups in total. The van der Waals surface area contributed by atoms with Crippen molar-refractivity contribution >= 4 is 49.7 Å². The average Bonchev–Trinajstić information content (AvgIpc) is 3.12. The Kier molecular flexibility index (Phi) is 4.59. The van der Waals surface area contributed by atoms with Crippen LogP contribution >= 0.6 is 11.3 Å². The van der Waals surface area contributed by atoms with E-state index in [2.05, 4.69) is 20.8 Å². The molecule has 1 heterocycles. The fourth-order valence-electron chi connectivity index (χ4n) is 2.65. The van der Waals surface area contributed by atoms with Gasteiger partial charge in [0.25, 0.3) is 5.91 Å². The lowest BCUT2D eigenvalue weighted by atomic mass is 10.2. The summed E-state index contributed by atoms with van der Waals surface area (Å²) in [4.78, 5) is 27.8. The lowest BCUT2D eigenvalue weighted by molar-refractivity contribution is 0.102. The second-order valence-corrected chi connectivity index (χ2v) is 6.79. The number of fused-ring (bicyclic) bond motifs is 1. The molecule has 4 aromatic rings. The van der Waals surface area contributed by atoms with Crippen LogP contribution in [0.25, 0.3) is 10.2 Å². The van der Waals surface area contributed by atoms with Gasteiger partial charge in [-0.05, 0) is 47.6 Å². The Bertz CT molecular complexity index is 1130. The molecule has 0 bridgehead atoms. The molecule has 4 rings (SSSR count). The number of nitrogens with one attached hydrogen (secondary N) is 2. The summed E-state index contributed by atoms with van der Waals surface area (Å²) >= 11 is 1.51. The van der Waals surface area contributed by atoms with E-state index in [4.69, 9.17) is 0 Å². The third-order valence-corrected chi connectivity index (χ3v) is 4.84. The monoisotopic (exact) mass is 374 g/mol. The number of anilines is 3. The number of hydrogen-bond acceptors (Lipinski definition) is 6. The molecular formula is C20H14N4O2S. The molecule has 0 unspecified atom stereocenters. The number of benzene rings is 3. The van der Waals surface area contributed by atoms with Crippen molar-refractivity contribution in [2.45, 2.75) is 0 Å². The first-order valence-electron chi connectivity index (χ1n) is 8.19. The quantitative estimate of drug-likeness (QED) is 0.440. The van der Waals surface area contributed by atoms with Crippen molar-refractivity contribution in [1.29, 1.82) is 0 Å². The number of amides is 1. The van der Waals surface area contributed by atoms with Crippen molar-refractivity contribution < 1.29 is 4.79 Å². The zero-order valence-electron chi connectivity index (χ0n) is 14.0. The van der Waals surface area contributed by atoms with Crippen LogP contribution in [-0.4, -0.2) is 10.9 Å². The predicted molar refractivity (Wildman–Crippen MR) is 109 cm³/mol. The third kappa shape index (κ3) is 3.68. The topological polar surface area (TPSA) is 83.5 Å². The van der Waals surface area contributed by atoms with E-state index in [1.165, 1.54) is 17.4 Å². The molecule has 6 nitrogen and oxygen atoms in total. The molecule has 0 spiro atoms. The Morgan fingerprint density at radius 1 is 0.963 bits per heavy atom. The summed E-state index contributed by atoms with van der Waals surface area (Å²) in [7, 11) is 0. The number of carbonyl (C=O) groups excluding carboxylic acids is 1. The summed E-state index contributed by atoms with van der Waals surface area (Å²) in [6, 6.07) is 21.6. The molecule has 132 valence electrons. The number of nitroso groups, excluding NO2 is 1. The highest BCUT2D eigenvalue weighted by Crippen LogP contribution is 2.32. The van der Waals surface area contributed by atoms with E-state index in [0.717, 1.165) is 15.5 Å². The Morgan fingerprint density at radius 2 is 1.78 bits per heavy atom. The lowest BCUT2D eigenvalue weighted by Gasteiger charge is -2.06. The van der Waals surface area contributed by atoms with Crippen LogP contribution in [0.5, 0.6) is 0 Å². The van der Waals surface area contributed by atoms with Crippen molar-refractivity contribution in [3.63, 3.8) is 0 Å². The number of thiazole rings is 1. The van der Waals surface area contributed by atoms with Crippen LogP contribution < -0.4 is 10.6 Å². The number of hydrogen-bond donors (Lipinski definition) is 2. The minimum atomic E-state index is -0.321. The fraction of sp³-hybridized carbons (Fsp3) is 0. The Morgan fingerprint density at radius 3 is 2.59 bits per heavy atom. The van der Waals surface area contributed by atoms with E-state index in [1.54, 1.807) is 24.3 Å². The predicted octanol–water partition coefficient (Wildman–Crippen LogP) is 5.69. The SMILES string of the molecule is O=Nc1cccc(C(=O)Nc2cccc3sc(Nc4ccccc4)nc23)c1. The average molecular weight is 374 g/mol. The van der Waals surface area contributed by atoms with E-state index in [1.807, 2.05) is 42.5 Å². The van der Waals surface area contributed by atoms with Gasteiger partial charge < -0.3 is 10.6 Å². The summed E-state index contributed by atoms with van der Waals surface area (Å²) in [5, 5.41) is 9.74. The molecule has 0 saturated carbocycles. The number of carbonyl (C=O) groups is 1. The molecule has 1 aromatic heterocycles. The molecule has 0 aliphatic rings. The van der Waals surface area contributed by atoms with E-state index in [9.17, 15) is 9.70 Å². The number of para-hydroxylation sites is 2. The van der Waals surface area contributed by atoms with E-state index in [-0.39, 0.29) is 11.6 Å². The van der Waals surface area contributed by atoms with Crippen molar-refractivity contribution in [2.24, 2.45) is 5.18 Å². The highest BCUT2D eigenvalue weighted by molar-refractivity contribution is 7.22. The molecule has 0 aliphatic carbocycles. The van der Waals surface area contributed by atoms with Gasteiger partial charge in [-0.1, -0.05) is 41.7 Å². The maximum Gasteiger partial charge on any atom is 0.255 e. The smallest absolute Gasteiger partial charge is 0.255 e. The third-order valence-electron chi connectivity index (χ3n) is 3.91. The first-order chi connectivity index (χ1) is 13.2. The molecule has 0 atom stereocenters. The van der Waals surface area contributed by atoms with Gasteiger partial charge in [0.2, 0.25) is 0 Å². The Labute approximate surface area is 158 Å². The van der Waals surface area contributed by atoms with Crippen molar-refractivity contribution in [3.8, 4) is 0 Å². The van der Waals surface area contributed by atoms with Gasteiger partial charge in [0.1, 0.15) is 11.2 Å².